The van der Waals surface area contributed by atoms with Crippen LogP contribution in [0.3, 0.4) is 0 Å². The highest BCUT2D eigenvalue weighted by molar-refractivity contribution is 5.97. The zero-order chi connectivity index (χ0) is 26.4. The third kappa shape index (κ3) is 6.05. The van der Waals surface area contributed by atoms with E-state index in [4.69, 9.17) is 18.6 Å². The molecule has 0 saturated heterocycles. The molecule has 3 aromatic carbocycles. The Morgan fingerprint density at radius 1 is 0.919 bits per heavy atom. The maximum absolute atomic E-state index is 12.7. The summed E-state index contributed by atoms with van der Waals surface area (Å²) in [6.07, 6.45) is 2.81. The Bertz CT molecular complexity index is 1520. The van der Waals surface area contributed by atoms with Gasteiger partial charge in [0.15, 0.2) is 0 Å². The molecule has 1 unspecified atom stereocenters. The lowest BCUT2D eigenvalue weighted by molar-refractivity contribution is -0.128. The lowest BCUT2D eigenvalue weighted by atomic mass is 10.1. The lowest BCUT2D eigenvalue weighted by Crippen LogP contribution is -2.30. The minimum absolute atomic E-state index is 0.114. The number of methoxy groups -OCH3 is 2. The molecular formula is C29H25NO7. The first-order valence-electron chi connectivity index (χ1n) is 11.4. The van der Waals surface area contributed by atoms with Crippen molar-refractivity contribution in [3.8, 4) is 17.2 Å². The van der Waals surface area contributed by atoms with E-state index in [0.29, 0.717) is 22.4 Å². The highest BCUT2D eigenvalue weighted by Gasteiger charge is 2.17. The standard InChI is InChI=1S/C29H25NO7/c1-18(19-7-5-4-6-8-19)30-28(32)24-15-21-10-13-23(17-26(21)37-29(24)33)36-27(31)14-11-20-9-12-22(34-2)16-25(20)35-3/h4-18H,1-3H3,(H,30,32)/b14-11+. The minimum Gasteiger partial charge on any atom is -0.497 e. The van der Waals surface area contributed by atoms with Crippen LogP contribution < -0.4 is 25.2 Å². The van der Waals surface area contributed by atoms with Crippen molar-refractivity contribution in [2.75, 3.05) is 14.2 Å². The number of benzene rings is 3. The van der Waals surface area contributed by atoms with Gasteiger partial charge in [-0.15, -0.1) is 0 Å². The Morgan fingerprint density at radius 2 is 1.68 bits per heavy atom. The van der Waals surface area contributed by atoms with Crippen molar-refractivity contribution in [3.05, 3.63) is 106 Å². The topological polar surface area (TPSA) is 104 Å². The molecule has 0 saturated carbocycles. The SMILES string of the molecule is COc1ccc(/C=C/C(=O)Oc2ccc3cc(C(=O)NC(C)c4ccccc4)c(=O)oc3c2)c(OC)c1. The summed E-state index contributed by atoms with van der Waals surface area (Å²) in [4.78, 5) is 37.6. The lowest BCUT2D eigenvalue weighted by Gasteiger charge is -2.14. The summed E-state index contributed by atoms with van der Waals surface area (Å²) in [7, 11) is 3.07. The Kier molecular flexibility index (Phi) is 7.68. The van der Waals surface area contributed by atoms with Crippen LogP contribution in [-0.4, -0.2) is 26.1 Å². The van der Waals surface area contributed by atoms with Crippen LogP contribution in [0.1, 0.15) is 34.5 Å². The second-order valence-corrected chi connectivity index (χ2v) is 8.12. The van der Waals surface area contributed by atoms with Crippen molar-refractivity contribution in [1.82, 2.24) is 5.32 Å². The molecule has 0 spiro atoms. The average molecular weight is 500 g/mol. The summed E-state index contributed by atoms with van der Waals surface area (Å²) in [6, 6.07) is 20.3. The van der Waals surface area contributed by atoms with Crippen molar-refractivity contribution in [1.29, 1.82) is 0 Å². The maximum atomic E-state index is 12.7. The van der Waals surface area contributed by atoms with Gasteiger partial charge < -0.3 is 23.9 Å². The maximum Gasteiger partial charge on any atom is 0.349 e. The number of fused-ring (bicyclic) bond motifs is 1. The number of amides is 1. The number of carbonyl (C=O) groups excluding carboxylic acids is 2. The molecule has 37 heavy (non-hydrogen) atoms. The van der Waals surface area contributed by atoms with Crippen LogP contribution >= 0.6 is 0 Å². The van der Waals surface area contributed by atoms with Crippen LogP contribution in [0.25, 0.3) is 17.0 Å². The van der Waals surface area contributed by atoms with Crippen molar-refractivity contribution < 1.29 is 28.2 Å². The van der Waals surface area contributed by atoms with E-state index in [2.05, 4.69) is 5.32 Å². The Labute approximate surface area is 213 Å². The number of esters is 1. The first kappa shape index (κ1) is 25.2. The number of carbonyl (C=O) groups is 2. The van der Waals surface area contributed by atoms with Crippen LogP contribution in [0.5, 0.6) is 17.2 Å². The zero-order valence-electron chi connectivity index (χ0n) is 20.5. The monoisotopic (exact) mass is 499 g/mol. The Balaban J connectivity index is 1.47. The molecule has 8 nitrogen and oxygen atoms in total. The highest BCUT2D eigenvalue weighted by Crippen LogP contribution is 2.26. The van der Waals surface area contributed by atoms with Gasteiger partial charge >= 0.3 is 11.6 Å². The molecule has 1 N–H and O–H groups in total. The molecule has 0 aliphatic carbocycles. The first-order chi connectivity index (χ1) is 17.9. The van der Waals surface area contributed by atoms with E-state index < -0.39 is 17.5 Å². The number of hydrogen-bond acceptors (Lipinski definition) is 7. The van der Waals surface area contributed by atoms with Gasteiger partial charge in [0.2, 0.25) is 0 Å². The molecule has 4 rings (SSSR count). The van der Waals surface area contributed by atoms with Crippen molar-refractivity contribution in [2.45, 2.75) is 13.0 Å². The number of rotatable bonds is 8. The fourth-order valence-corrected chi connectivity index (χ4v) is 3.68. The quantitative estimate of drug-likeness (QED) is 0.159. The van der Waals surface area contributed by atoms with E-state index in [1.165, 1.54) is 25.3 Å². The predicted molar refractivity (Wildman–Crippen MR) is 139 cm³/mol. The Morgan fingerprint density at radius 3 is 2.41 bits per heavy atom. The molecule has 4 aromatic rings. The van der Waals surface area contributed by atoms with Gasteiger partial charge in [-0.3, -0.25) is 4.79 Å². The average Bonchev–Trinajstić information content (AvgIpc) is 2.91. The van der Waals surface area contributed by atoms with Crippen LogP contribution in [0.2, 0.25) is 0 Å². The summed E-state index contributed by atoms with van der Waals surface area (Å²) in [5.41, 5.74) is 0.851. The van der Waals surface area contributed by atoms with Crippen LogP contribution in [0, 0.1) is 0 Å². The van der Waals surface area contributed by atoms with Gasteiger partial charge in [0.25, 0.3) is 5.91 Å². The fraction of sp³-hybridized carbons (Fsp3) is 0.138. The molecular weight excluding hydrogens is 474 g/mol. The molecule has 1 atom stereocenters. The van der Waals surface area contributed by atoms with Gasteiger partial charge in [-0.25, -0.2) is 9.59 Å². The molecule has 1 heterocycles. The zero-order valence-corrected chi connectivity index (χ0v) is 20.5. The summed E-state index contributed by atoms with van der Waals surface area (Å²) in [6.45, 7) is 1.83. The minimum atomic E-state index is -0.791. The van der Waals surface area contributed by atoms with Gasteiger partial charge in [-0.1, -0.05) is 30.3 Å². The van der Waals surface area contributed by atoms with Crippen molar-refractivity contribution >= 4 is 28.9 Å². The molecule has 188 valence electrons. The predicted octanol–water partition coefficient (Wildman–Crippen LogP) is 4.92. The first-order valence-corrected chi connectivity index (χ1v) is 11.4. The smallest absolute Gasteiger partial charge is 0.349 e. The normalized spacial score (nSPS) is 11.8. The van der Waals surface area contributed by atoms with E-state index in [1.807, 2.05) is 37.3 Å². The Hall–Kier alpha value is -4.85. The van der Waals surface area contributed by atoms with Crippen LogP contribution in [0.4, 0.5) is 0 Å². The van der Waals surface area contributed by atoms with E-state index in [9.17, 15) is 14.4 Å². The third-order valence-corrected chi connectivity index (χ3v) is 5.66. The van der Waals surface area contributed by atoms with Gasteiger partial charge in [0, 0.05) is 29.2 Å². The molecule has 0 aliphatic rings. The molecule has 8 heteroatoms. The van der Waals surface area contributed by atoms with E-state index in [1.54, 1.807) is 43.5 Å². The molecule has 1 aromatic heterocycles. The molecule has 1 amide bonds. The molecule has 0 radical (unpaired) electrons. The van der Waals surface area contributed by atoms with Crippen LogP contribution in [-0.2, 0) is 4.79 Å². The van der Waals surface area contributed by atoms with Gasteiger partial charge in [-0.05, 0) is 48.9 Å². The van der Waals surface area contributed by atoms with E-state index in [0.717, 1.165) is 5.56 Å². The summed E-state index contributed by atoms with van der Waals surface area (Å²) < 4.78 is 21.2. The molecule has 0 bridgehead atoms. The number of hydrogen-bond donors (Lipinski definition) is 1. The molecule has 0 aliphatic heterocycles. The second kappa shape index (κ2) is 11.3. The van der Waals surface area contributed by atoms with Gasteiger partial charge in [0.1, 0.15) is 28.4 Å². The second-order valence-electron chi connectivity index (χ2n) is 8.12. The summed E-state index contributed by atoms with van der Waals surface area (Å²) >= 11 is 0. The summed E-state index contributed by atoms with van der Waals surface area (Å²) in [5.74, 6) is 0.170. The van der Waals surface area contributed by atoms with E-state index in [-0.39, 0.29) is 22.9 Å². The number of nitrogens with one attached hydrogen (secondary N) is 1. The van der Waals surface area contributed by atoms with E-state index >= 15 is 0 Å². The highest BCUT2D eigenvalue weighted by atomic mass is 16.5. The van der Waals surface area contributed by atoms with Gasteiger partial charge in [-0.2, -0.15) is 0 Å². The van der Waals surface area contributed by atoms with Crippen molar-refractivity contribution in [2.24, 2.45) is 0 Å². The van der Waals surface area contributed by atoms with Crippen molar-refractivity contribution in [3.63, 3.8) is 0 Å². The number of ether oxygens (including phenoxy) is 3. The fourth-order valence-electron chi connectivity index (χ4n) is 3.68. The molecule has 0 fully saturated rings. The van der Waals surface area contributed by atoms with Crippen LogP contribution in [0.15, 0.2) is 88.1 Å². The third-order valence-electron chi connectivity index (χ3n) is 5.66. The van der Waals surface area contributed by atoms with Gasteiger partial charge in [0.05, 0.1) is 20.3 Å². The summed E-state index contributed by atoms with van der Waals surface area (Å²) in [5, 5.41) is 3.32. The largest absolute Gasteiger partial charge is 0.497 e.